The van der Waals surface area contributed by atoms with Gasteiger partial charge in [-0.1, -0.05) is 0 Å². The first-order valence-corrected chi connectivity index (χ1v) is 6.76. The fourth-order valence-corrected chi connectivity index (χ4v) is 2.82. The number of aliphatic hydroxyl groups is 1. The topological polar surface area (TPSA) is 41.5 Å². The molecule has 0 bridgehead atoms. The molecule has 0 heterocycles. The molecule has 1 saturated carbocycles. The summed E-state index contributed by atoms with van der Waals surface area (Å²) in [6, 6.07) is 4.88. The van der Waals surface area contributed by atoms with Gasteiger partial charge in [0.05, 0.1) is 18.2 Å². The summed E-state index contributed by atoms with van der Waals surface area (Å²) in [6.07, 6.45) is 3.77. The second kappa shape index (κ2) is 5.88. The molecule has 0 atom stereocenters. The Morgan fingerprint density at radius 3 is 2.58 bits per heavy atom. The summed E-state index contributed by atoms with van der Waals surface area (Å²) in [5.41, 5.74) is 1.26. The van der Waals surface area contributed by atoms with E-state index < -0.39 is 0 Å². The quantitative estimate of drug-likeness (QED) is 0.881. The molecule has 0 radical (unpaired) electrons. The zero-order chi connectivity index (χ0) is 13.9. The largest absolute Gasteiger partial charge is 0.394 e. The van der Waals surface area contributed by atoms with Gasteiger partial charge in [0.1, 0.15) is 5.82 Å². The van der Waals surface area contributed by atoms with Crippen LogP contribution >= 0.6 is 0 Å². The normalized spacial score (nSPS) is 27.3. The van der Waals surface area contributed by atoms with Gasteiger partial charge in [-0.2, -0.15) is 0 Å². The van der Waals surface area contributed by atoms with Crippen molar-refractivity contribution in [2.45, 2.75) is 44.2 Å². The predicted molar refractivity (Wildman–Crippen MR) is 73.8 cm³/mol. The smallest absolute Gasteiger partial charge is 0.125 e. The summed E-state index contributed by atoms with van der Waals surface area (Å²) in [5, 5.41) is 13.0. The number of methoxy groups -OCH3 is 1. The summed E-state index contributed by atoms with van der Waals surface area (Å²) < 4.78 is 18.8. The lowest BCUT2D eigenvalue weighted by Gasteiger charge is -2.40. The van der Waals surface area contributed by atoms with Crippen molar-refractivity contribution in [1.29, 1.82) is 0 Å². The van der Waals surface area contributed by atoms with Crippen LogP contribution in [0.25, 0.3) is 0 Å². The van der Waals surface area contributed by atoms with Crippen molar-refractivity contribution in [3.05, 3.63) is 29.6 Å². The standard InChI is InChI=1S/C15H22FNO2/c1-11-7-12(16)9-13(8-11)17-15(10-18)5-3-14(19-2)4-6-15/h7-9,14,17-18H,3-6,10H2,1-2H3. The molecule has 1 aliphatic rings. The molecule has 1 aromatic rings. The number of anilines is 1. The van der Waals surface area contributed by atoms with Gasteiger partial charge in [0, 0.05) is 12.8 Å². The van der Waals surface area contributed by atoms with E-state index in [0.717, 1.165) is 36.9 Å². The van der Waals surface area contributed by atoms with E-state index in [1.165, 1.54) is 12.1 Å². The average Bonchev–Trinajstić information content (AvgIpc) is 2.38. The molecule has 1 aliphatic carbocycles. The molecular formula is C15H22FNO2. The number of hydrogen-bond donors (Lipinski definition) is 2. The molecule has 4 heteroatoms. The van der Waals surface area contributed by atoms with Crippen molar-refractivity contribution in [2.75, 3.05) is 19.0 Å². The molecule has 0 spiro atoms. The number of ether oxygens (including phenoxy) is 1. The molecule has 1 fully saturated rings. The van der Waals surface area contributed by atoms with E-state index >= 15 is 0 Å². The second-order valence-electron chi connectivity index (χ2n) is 5.52. The van der Waals surface area contributed by atoms with Gasteiger partial charge in [0.15, 0.2) is 0 Å². The Morgan fingerprint density at radius 2 is 2.05 bits per heavy atom. The average molecular weight is 267 g/mol. The van der Waals surface area contributed by atoms with Crippen LogP contribution in [0, 0.1) is 12.7 Å². The van der Waals surface area contributed by atoms with Gasteiger partial charge in [-0.05, 0) is 56.4 Å². The first-order valence-electron chi connectivity index (χ1n) is 6.76. The summed E-state index contributed by atoms with van der Waals surface area (Å²) in [4.78, 5) is 0. The zero-order valence-electron chi connectivity index (χ0n) is 11.6. The van der Waals surface area contributed by atoms with Gasteiger partial charge in [-0.3, -0.25) is 0 Å². The number of halogens is 1. The van der Waals surface area contributed by atoms with Crippen molar-refractivity contribution in [3.63, 3.8) is 0 Å². The summed E-state index contributed by atoms with van der Waals surface area (Å²) >= 11 is 0. The maximum absolute atomic E-state index is 13.4. The Bertz CT molecular complexity index is 408. The summed E-state index contributed by atoms with van der Waals surface area (Å²) in [7, 11) is 1.72. The monoisotopic (exact) mass is 267 g/mol. The number of rotatable bonds is 4. The molecule has 0 saturated heterocycles. The summed E-state index contributed by atoms with van der Waals surface area (Å²) in [6.45, 7) is 1.92. The van der Waals surface area contributed by atoms with Crippen LogP contribution in [-0.2, 0) is 4.74 Å². The number of aliphatic hydroxyl groups excluding tert-OH is 1. The Kier molecular flexibility index (Phi) is 4.42. The second-order valence-corrected chi connectivity index (χ2v) is 5.52. The van der Waals surface area contributed by atoms with Gasteiger partial charge < -0.3 is 15.2 Å². The highest BCUT2D eigenvalue weighted by molar-refractivity contribution is 5.48. The van der Waals surface area contributed by atoms with E-state index in [-0.39, 0.29) is 24.1 Å². The van der Waals surface area contributed by atoms with Crippen molar-refractivity contribution in [2.24, 2.45) is 0 Å². The molecule has 1 aromatic carbocycles. The van der Waals surface area contributed by atoms with Gasteiger partial charge in [0.25, 0.3) is 0 Å². The Hall–Kier alpha value is -1.13. The van der Waals surface area contributed by atoms with E-state index in [1.54, 1.807) is 7.11 Å². The third-order valence-electron chi connectivity index (χ3n) is 3.98. The van der Waals surface area contributed by atoms with Crippen LogP contribution in [-0.4, -0.2) is 30.5 Å². The number of nitrogens with one attached hydrogen (secondary N) is 1. The van der Waals surface area contributed by atoms with Crippen molar-refractivity contribution in [3.8, 4) is 0 Å². The Labute approximate surface area is 113 Å². The lowest BCUT2D eigenvalue weighted by atomic mass is 9.80. The van der Waals surface area contributed by atoms with Crippen LogP contribution < -0.4 is 5.32 Å². The maximum Gasteiger partial charge on any atom is 0.125 e. The van der Waals surface area contributed by atoms with Gasteiger partial charge in [-0.15, -0.1) is 0 Å². The number of aryl methyl sites for hydroxylation is 1. The van der Waals surface area contributed by atoms with Gasteiger partial charge in [0.2, 0.25) is 0 Å². The van der Waals surface area contributed by atoms with Crippen LogP contribution in [0.5, 0.6) is 0 Å². The van der Waals surface area contributed by atoms with Crippen LogP contribution in [0.4, 0.5) is 10.1 Å². The first kappa shape index (κ1) is 14.3. The van der Waals surface area contributed by atoms with Crippen LogP contribution in [0.3, 0.4) is 0 Å². The van der Waals surface area contributed by atoms with Gasteiger partial charge >= 0.3 is 0 Å². The van der Waals surface area contributed by atoms with E-state index in [0.29, 0.717) is 0 Å². The predicted octanol–water partition coefficient (Wildman–Crippen LogP) is 2.87. The zero-order valence-corrected chi connectivity index (χ0v) is 11.6. The minimum absolute atomic E-state index is 0.0546. The number of hydrogen-bond acceptors (Lipinski definition) is 3. The summed E-state index contributed by atoms with van der Waals surface area (Å²) in [5.74, 6) is -0.249. The Balaban J connectivity index is 2.10. The van der Waals surface area contributed by atoms with Crippen molar-refractivity contribution >= 4 is 5.69 Å². The van der Waals surface area contributed by atoms with E-state index in [9.17, 15) is 9.50 Å². The minimum atomic E-state index is -0.352. The van der Waals surface area contributed by atoms with E-state index in [4.69, 9.17) is 4.74 Å². The molecule has 2 N–H and O–H groups in total. The Morgan fingerprint density at radius 1 is 1.37 bits per heavy atom. The molecule has 0 unspecified atom stereocenters. The molecule has 19 heavy (non-hydrogen) atoms. The third kappa shape index (κ3) is 3.45. The van der Waals surface area contributed by atoms with Crippen LogP contribution in [0.1, 0.15) is 31.2 Å². The highest BCUT2D eigenvalue weighted by Crippen LogP contribution is 2.33. The maximum atomic E-state index is 13.4. The molecular weight excluding hydrogens is 245 g/mol. The van der Waals surface area contributed by atoms with Crippen molar-refractivity contribution in [1.82, 2.24) is 0 Å². The highest BCUT2D eigenvalue weighted by atomic mass is 19.1. The van der Waals surface area contributed by atoms with E-state index in [2.05, 4.69) is 5.32 Å². The van der Waals surface area contributed by atoms with E-state index in [1.807, 2.05) is 13.0 Å². The molecule has 0 amide bonds. The lowest BCUT2D eigenvalue weighted by molar-refractivity contribution is 0.0411. The first-order chi connectivity index (χ1) is 9.07. The fraction of sp³-hybridized carbons (Fsp3) is 0.600. The third-order valence-corrected chi connectivity index (χ3v) is 3.98. The molecule has 0 aliphatic heterocycles. The fourth-order valence-electron chi connectivity index (χ4n) is 2.82. The lowest BCUT2D eigenvalue weighted by Crippen LogP contribution is -2.46. The van der Waals surface area contributed by atoms with Crippen LogP contribution in [0.15, 0.2) is 18.2 Å². The minimum Gasteiger partial charge on any atom is -0.394 e. The van der Waals surface area contributed by atoms with Gasteiger partial charge in [-0.25, -0.2) is 4.39 Å². The molecule has 0 aromatic heterocycles. The number of benzene rings is 1. The van der Waals surface area contributed by atoms with Crippen LogP contribution in [0.2, 0.25) is 0 Å². The SMILES string of the molecule is COC1CCC(CO)(Nc2cc(C)cc(F)c2)CC1. The molecule has 3 nitrogen and oxygen atoms in total. The highest BCUT2D eigenvalue weighted by Gasteiger charge is 2.34. The van der Waals surface area contributed by atoms with Crippen molar-refractivity contribution < 1.29 is 14.2 Å². The molecule has 2 rings (SSSR count). The molecule has 106 valence electrons.